The molecular weight excluding hydrogens is 184 g/mol. The van der Waals surface area contributed by atoms with Gasteiger partial charge in [0.05, 0.1) is 11.4 Å². The van der Waals surface area contributed by atoms with Crippen molar-refractivity contribution in [2.75, 3.05) is 13.1 Å². The van der Waals surface area contributed by atoms with Crippen molar-refractivity contribution in [2.24, 2.45) is 10.9 Å². The van der Waals surface area contributed by atoms with Gasteiger partial charge in [-0.25, -0.2) is 0 Å². The molecule has 0 unspecified atom stereocenters. The van der Waals surface area contributed by atoms with Gasteiger partial charge in [-0.05, 0) is 30.1 Å². The first kappa shape index (κ1) is 10.2. The maximum absolute atomic E-state index is 4.56. The number of hydrogen-bond donors (Lipinski definition) is 1. The maximum Gasteiger partial charge on any atom is 0.0805 e. The second-order valence-corrected chi connectivity index (χ2v) is 4.28. The Morgan fingerprint density at radius 2 is 2.13 bits per heavy atom. The van der Waals surface area contributed by atoms with Crippen molar-refractivity contribution in [3.63, 3.8) is 0 Å². The maximum atomic E-state index is 4.56. The molecule has 1 heterocycles. The molecule has 0 fully saturated rings. The van der Waals surface area contributed by atoms with Crippen molar-refractivity contribution in [3.8, 4) is 0 Å². The molecule has 2 nitrogen and oxygen atoms in total. The second-order valence-electron chi connectivity index (χ2n) is 4.28. The molecular formula is C13H18N2. The molecule has 15 heavy (non-hydrogen) atoms. The van der Waals surface area contributed by atoms with E-state index in [1.807, 2.05) is 0 Å². The summed E-state index contributed by atoms with van der Waals surface area (Å²) in [6, 6.07) is 0. The van der Waals surface area contributed by atoms with Crippen molar-refractivity contribution >= 4 is 5.71 Å². The van der Waals surface area contributed by atoms with E-state index in [1.165, 1.54) is 11.3 Å². The van der Waals surface area contributed by atoms with Crippen LogP contribution < -0.4 is 5.32 Å². The Hall–Kier alpha value is -1.31. The van der Waals surface area contributed by atoms with Crippen LogP contribution in [0.2, 0.25) is 0 Å². The molecule has 1 aliphatic carbocycles. The Morgan fingerprint density at radius 3 is 2.93 bits per heavy atom. The molecule has 1 aliphatic heterocycles. The molecule has 0 radical (unpaired) electrons. The van der Waals surface area contributed by atoms with E-state index in [0.29, 0.717) is 5.92 Å². The number of aliphatic imine (C=N–C) groups is 1. The van der Waals surface area contributed by atoms with Crippen LogP contribution in [-0.4, -0.2) is 18.8 Å². The molecule has 2 aliphatic rings. The average molecular weight is 202 g/mol. The molecule has 0 atom stereocenters. The summed E-state index contributed by atoms with van der Waals surface area (Å²) < 4.78 is 0. The first-order valence-electron chi connectivity index (χ1n) is 5.66. The summed E-state index contributed by atoms with van der Waals surface area (Å²) in [6.07, 6.45) is 9.77. The summed E-state index contributed by atoms with van der Waals surface area (Å²) >= 11 is 0. The van der Waals surface area contributed by atoms with E-state index < -0.39 is 0 Å². The van der Waals surface area contributed by atoms with E-state index in [2.05, 4.69) is 48.5 Å². The molecule has 0 amide bonds. The zero-order chi connectivity index (χ0) is 10.7. The minimum atomic E-state index is 0.570. The Balaban J connectivity index is 2.30. The molecule has 0 saturated carbocycles. The van der Waals surface area contributed by atoms with Crippen LogP contribution in [-0.2, 0) is 0 Å². The predicted molar refractivity (Wildman–Crippen MR) is 65.1 cm³/mol. The topological polar surface area (TPSA) is 24.4 Å². The van der Waals surface area contributed by atoms with Crippen LogP contribution >= 0.6 is 0 Å². The molecule has 0 bridgehead atoms. The number of fused-ring (bicyclic) bond motifs is 1. The quantitative estimate of drug-likeness (QED) is 0.694. The van der Waals surface area contributed by atoms with Crippen LogP contribution in [0.3, 0.4) is 0 Å². The first-order valence-corrected chi connectivity index (χ1v) is 5.66. The lowest BCUT2D eigenvalue weighted by Crippen LogP contribution is -2.17. The molecule has 0 spiro atoms. The van der Waals surface area contributed by atoms with Gasteiger partial charge in [0.15, 0.2) is 0 Å². The van der Waals surface area contributed by atoms with Gasteiger partial charge in [-0.15, -0.1) is 0 Å². The minimum Gasteiger partial charge on any atom is -0.383 e. The molecule has 2 heteroatoms. The van der Waals surface area contributed by atoms with Crippen molar-refractivity contribution in [2.45, 2.75) is 20.3 Å². The van der Waals surface area contributed by atoms with E-state index in [4.69, 9.17) is 0 Å². The Bertz CT molecular complexity index is 357. The van der Waals surface area contributed by atoms with Gasteiger partial charge in [0.1, 0.15) is 0 Å². The molecule has 0 aromatic heterocycles. The highest BCUT2D eigenvalue weighted by Crippen LogP contribution is 2.16. The van der Waals surface area contributed by atoms with Crippen molar-refractivity contribution < 1.29 is 0 Å². The average Bonchev–Trinajstić information content (AvgIpc) is 2.51. The lowest BCUT2D eigenvalue weighted by molar-refractivity contribution is 0.769. The van der Waals surface area contributed by atoms with Crippen LogP contribution in [0.1, 0.15) is 20.3 Å². The zero-order valence-corrected chi connectivity index (χ0v) is 9.46. The van der Waals surface area contributed by atoms with E-state index in [9.17, 15) is 0 Å². The van der Waals surface area contributed by atoms with Crippen molar-refractivity contribution in [3.05, 3.63) is 35.6 Å². The summed E-state index contributed by atoms with van der Waals surface area (Å²) in [6.45, 7) is 6.38. The highest BCUT2D eigenvalue weighted by Gasteiger charge is 2.10. The zero-order valence-electron chi connectivity index (χ0n) is 9.46. The lowest BCUT2D eigenvalue weighted by Gasteiger charge is -2.04. The summed E-state index contributed by atoms with van der Waals surface area (Å²) in [5, 5.41) is 3.42. The fraction of sp³-hybridized carbons (Fsp3) is 0.462. The van der Waals surface area contributed by atoms with Crippen molar-refractivity contribution in [1.29, 1.82) is 0 Å². The van der Waals surface area contributed by atoms with Gasteiger partial charge in [0, 0.05) is 13.1 Å². The Labute approximate surface area is 91.5 Å². The second kappa shape index (κ2) is 4.47. The molecule has 2 rings (SSSR count). The van der Waals surface area contributed by atoms with Gasteiger partial charge in [0.2, 0.25) is 0 Å². The largest absolute Gasteiger partial charge is 0.383 e. The van der Waals surface area contributed by atoms with Crippen LogP contribution in [0.15, 0.2) is 40.6 Å². The fourth-order valence-electron chi connectivity index (χ4n) is 1.76. The van der Waals surface area contributed by atoms with Gasteiger partial charge >= 0.3 is 0 Å². The van der Waals surface area contributed by atoms with Gasteiger partial charge in [-0.2, -0.15) is 0 Å². The third-order valence-corrected chi connectivity index (χ3v) is 2.75. The minimum absolute atomic E-state index is 0.570. The monoisotopic (exact) mass is 202 g/mol. The number of nitrogens with one attached hydrogen (secondary N) is 1. The first-order chi connectivity index (χ1) is 7.27. The Morgan fingerprint density at radius 1 is 1.27 bits per heavy atom. The number of nitrogens with zero attached hydrogens (tertiary/aromatic N) is 1. The molecule has 80 valence electrons. The van der Waals surface area contributed by atoms with Gasteiger partial charge < -0.3 is 5.32 Å². The van der Waals surface area contributed by atoms with Crippen LogP contribution in [0, 0.1) is 5.92 Å². The molecule has 0 aromatic rings. The van der Waals surface area contributed by atoms with Crippen LogP contribution in [0.5, 0.6) is 0 Å². The van der Waals surface area contributed by atoms with E-state index in [1.54, 1.807) is 0 Å². The number of allylic oxidation sites excluding steroid dienone is 5. The highest BCUT2D eigenvalue weighted by molar-refractivity contribution is 6.08. The molecule has 0 saturated heterocycles. The van der Waals surface area contributed by atoms with Gasteiger partial charge in [-0.1, -0.05) is 26.0 Å². The van der Waals surface area contributed by atoms with E-state index in [-0.39, 0.29) is 0 Å². The molecule has 0 aromatic carbocycles. The van der Waals surface area contributed by atoms with Gasteiger partial charge in [-0.3, -0.25) is 4.99 Å². The summed E-state index contributed by atoms with van der Waals surface area (Å²) in [7, 11) is 0. The van der Waals surface area contributed by atoms with Crippen LogP contribution in [0.4, 0.5) is 0 Å². The Kier molecular flexibility index (Phi) is 3.05. The lowest BCUT2D eigenvalue weighted by atomic mass is 10.0. The SMILES string of the molecule is CC(C)C1=CC=C2NCCCN=C2C=C1. The number of hydrogen-bond acceptors (Lipinski definition) is 2. The molecule has 1 N–H and O–H groups in total. The van der Waals surface area contributed by atoms with Gasteiger partial charge in [0.25, 0.3) is 0 Å². The highest BCUT2D eigenvalue weighted by atomic mass is 14.9. The summed E-state index contributed by atoms with van der Waals surface area (Å²) in [5.41, 5.74) is 3.62. The van der Waals surface area contributed by atoms with Crippen molar-refractivity contribution in [1.82, 2.24) is 5.32 Å². The normalized spacial score (nSPS) is 20.6. The summed E-state index contributed by atoms with van der Waals surface area (Å²) in [4.78, 5) is 4.56. The summed E-state index contributed by atoms with van der Waals surface area (Å²) in [5.74, 6) is 0.570. The smallest absolute Gasteiger partial charge is 0.0805 e. The third-order valence-electron chi connectivity index (χ3n) is 2.75. The number of rotatable bonds is 1. The third kappa shape index (κ3) is 2.38. The standard InChI is InChI=1S/C13H18N2/c1-10(2)11-4-6-12-13(7-5-11)15-9-3-8-14-12/h4-7,10,14H,3,8-9H2,1-2H3. The van der Waals surface area contributed by atoms with E-state index in [0.717, 1.165) is 25.2 Å². The fourth-order valence-corrected chi connectivity index (χ4v) is 1.76. The van der Waals surface area contributed by atoms with E-state index >= 15 is 0 Å². The van der Waals surface area contributed by atoms with Crippen LogP contribution in [0.25, 0.3) is 0 Å². The predicted octanol–water partition coefficient (Wildman–Crippen LogP) is 2.46.